The molecular weight excluding hydrogens is 653 g/mol. The zero-order valence-corrected chi connectivity index (χ0v) is 34.4. The number of hydrogen-bond donors (Lipinski definition) is 0. The second kappa shape index (κ2) is 13.2. The number of fused-ring (bicyclic) bond motifs is 7. The maximum atomic E-state index is 14.9. The molecule has 0 heterocycles. The number of esters is 2. The molecule has 0 aliphatic heterocycles. The predicted molar refractivity (Wildman–Crippen MR) is 204 cm³/mol. The second-order valence-corrected chi connectivity index (χ2v) is 26.1. The number of allylic oxidation sites excluding steroid dienone is 2. The lowest BCUT2D eigenvalue weighted by atomic mass is 9.33. The second-order valence-electron chi connectivity index (χ2n) is 20.5. The van der Waals surface area contributed by atoms with Crippen LogP contribution in [0.15, 0.2) is 42.0 Å². The zero-order chi connectivity index (χ0) is 37.3. The van der Waals surface area contributed by atoms with Gasteiger partial charge in [-0.2, -0.15) is 0 Å². The van der Waals surface area contributed by atoms with Gasteiger partial charge in [-0.05, 0) is 121 Å². The van der Waals surface area contributed by atoms with E-state index >= 15 is 0 Å². The summed E-state index contributed by atoms with van der Waals surface area (Å²) in [4.78, 5) is 42.2. The van der Waals surface area contributed by atoms with Gasteiger partial charge < -0.3 is 14.2 Å². The zero-order valence-electron chi connectivity index (χ0n) is 33.4. The number of ketones is 1. The molecule has 9 atom stereocenters. The molecule has 0 spiro atoms. The first-order chi connectivity index (χ1) is 23.7. The fourth-order valence-corrected chi connectivity index (χ4v) is 13.1. The first kappa shape index (κ1) is 38.5. The Labute approximate surface area is 309 Å². The van der Waals surface area contributed by atoms with Crippen molar-refractivity contribution in [1.29, 1.82) is 0 Å². The van der Waals surface area contributed by atoms with Gasteiger partial charge in [-0.3, -0.25) is 14.4 Å². The lowest BCUT2D eigenvalue weighted by molar-refractivity contribution is -0.202. The van der Waals surface area contributed by atoms with E-state index in [1.807, 2.05) is 30.3 Å². The molecule has 6 rings (SSSR count). The standard InChI is InChI=1S/C44H66O6Si/c1-39(2)31(37(46)50-29-48-24-25-51(8,9)10)16-18-42(5)35(39)17-19-44(7)36(42)34(45)26-32-33-27-41(4,21-20-40(33,3)22-23-43(32,44)6)38(47)49-28-30-14-12-11-13-15-30/h11-15,26,31,33,35-36H,16-25,27-29H2,1-10H3/t31-,33+,35+,36-,40-,41+,42+,43-,44-/m1/s1. The van der Waals surface area contributed by atoms with Gasteiger partial charge in [-0.25, -0.2) is 0 Å². The van der Waals surface area contributed by atoms with E-state index in [2.05, 4.69) is 74.2 Å². The van der Waals surface area contributed by atoms with Crippen molar-refractivity contribution in [2.75, 3.05) is 13.4 Å². The summed E-state index contributed by atoms with van der Waals surface area (Å²) in [7, 11) is -1.21. The normalized spacial score (nSPS) is 40.1. The number of carbonyl (C=O) groups is 3. The molecule has 282 valence electrons. The molecule has 5 aliphatic rings. The molecule has 4 fully saturated rings. The van der Waals surface area contributed by atoms with Crippen molar-refractivity contribution >= 4 is 25.8 Å². The van der Waals surface area contributed by atoms with Crippen molar-refractivity contribution in [3.8, 4) is 0 Å². The highest BCUT2D eigenvalue weighted by atomic mass is 28.3. The molecule has 0 saturated heterocycles. The Kier molecular flexibility index (Phi) is 9.99. The molecule has 1 aromatic rings. The number of ether oxygens (including phenoxy) is 3. The van der Waals surface area contributed by atoms with Crippen LogP contribution in [0.2, 0.25) is 25.7 Å². The summed E-state index contributed by atoms with van der Waals surface area (Å²) in [6, 6.07) is 11.0. The molecule has 7 heteroatoms. The van der Waals surface area contributed by atoms with Gasteiger partial charge in [0.2, 0.25) is 0 Å². The molecule has 0 unspecified atom stereocenters. The summed E-state index contributed by atoms with van der Waals surface area (Å²) in [5.74, 6) is 0.0925. The minimum absolute atomic E-state index is 0.0207. The summed E-state index contributed by atoms with van der Waals surface area (Å²) in [5.41, 5.74) is 0.929. The summed E-state index contributed by atoms with van der Waals surface area (Å²) in [6.07, 6.45) is 10.3. The van der Waals surface area contributed by atoms with E-state index in [1.54, 1.807) is 0 Å². The fraction of sp³-hybridized carbons (Fsp3) is 0.750. The average molecular weight is 719 g/mol. The highest BCUT2D eigenvalue weighted by molar-refractivity contribution is 6.76. The number of rotatable bonds is 9. The Hall–Kier alpha value is -2.25. The van der Waals surface area contributed by atoms with Crippen molar-refractivity contribution in [1.82, 2.24) is 0 Å². The Bertz CT molecular complexity index is 1540. The molecule has 0 amide bonds. The molecule has 5 aliphatic carbocycles. The van der Waals surface area contributed by atoms with Gasteiger partial charge in [0.15, 0.2) is 12.6 Å². The van der Waals surface area contributed by atoms with Crippen LogP contribution in [0.5, 0.6) is 0 Å². The minimum Gasteiger partial charge on any atom is -0.460 e. The van der Waals surface area contributed by atoms with Gasteiger partial charge in [0.1, 0.15) is 6.61 Å². The first-order valence-electron chi connectivity index (χ1n) is 19.9. The van der Waals surface area contributed by atoms with Gasteiger partial charge in [0, 0.05) is 20.6 Å². The Morgan fingerprint density at radius 3 is 2.22 bits per heavy atom. The summed E-state index contributed by atoms with van der Waals surface area (Å²) < 4.78 is 17.5. The molecular formula is C44H66O6Si. The van der Waals surface area contributed by atoms with E-state index in [4.69, 9.17) is 14.2 Å². The average Bonchev–Trinajstić information content (AvgIpc) is 3.04. The van der Waals surface area contributed by atoms with E-state index in [1.165, 1.54) is 5.57 Å². The smallest absolute Gasteiger partial charge is 0.312 e. The van der Waals surface area contributed by atoms with Crippen LogP contribution in [0.4, 0.5) is 0 Å². The van der Waals surface area contributed by atoms with Crippen molar-refractivity contribution in [2.24, 2.45) is 56.2 Å². The molecule has 0 aromatic heterocycles. The molecule has 0 N–H and O–H groups in total. The minimum atomic E-state index is -1.21. The van der Waals surface area contributed by atoms with E-state index in [0.717, 1.165) is 69.4 Å². The molecule has 6 nitrogen and oxygen atoms in total. The predicted octanol–water partition coefficient (Wildman–Crippen LogP) is 10.2. The van der Waals surface area contributed by atoms with Crippen LogP contribution in [0, 0.1) is 56.2 Å². The third-order valence-electron chi connectivity index (χ3n) is 15.9. The third kappa shape index (κ3) is 6.53. The van der Waals surface area contributed by atoms with Gasteiger partial charge in [0.25, 0.3) is 0 Å². The van der Waals surface area contributed by atoms with Gasteiger partial charge in [-0.15, -0.1) is 0 Å². The Morgan fingerprint density at radius 1 is 0.843 bits per heavy atom. The fourth-order valence-electron chi connectivity index (χ4n) is 12.3. The Balaban J connectivity index is 1.22. The Morgan fingerprint density at radius 2 is 1.53 bits per heavy atom. The van der Waals surface area contributed by atoms with Crippen molar-refractivity contribution in [3.05, 3.63) is 47.5 Å². The van der Waals surface area contributed by atoms with Crippen molar-refractivity contribution in [3.63, 3.8) is 0 Å². The molecule has 0 bridgehead atoms. The van der Waals surface area contributed by atoms with Crippen LogP contribution in [0.3, 0.4) is 0 Å². The number of benzene rings is 1. The molecule has 0 radical (unpaired) electrons. The van der Waals surface area contributed by atoms with Crippen molar-refractivity contribution in [2.45, 2.75) is 139 Å². The maximum absolute atomic E-state index is 14.9. The first-order valence-corrected chi connectivity index (χ1v) is 23.6. The van der Waals surface area contributed by atoms with Crippen LogP contribution in [0.1, 0.15) is 112 Å². The van der Waals surface area contributed by atoms with Crippen molar-refractivity contribution < 1.29 is 28.6 Å². The molecule has 51 heavy (non-hydrogen) atoms. The van der Waals surface area contributed by atoms with Gasteiger partial charge in [0.05, 0.1) is 11.3 Å². The SMILES string of the molecule is CC1(C)[C@@H](C(=O)OCOCC[Si](C)(C)C)CC[C@]2(C)[C@H]3C(=O)C=C4[C@@H]5C[C@@](C)(C(=O)OCc6ccccc6)CC[C@]5(C)CC[C@@]4(C)[C@]3(C)CC[C@@H]12. The monoisotopic (exact) mass is 718 g/mol. The van der Waals surface area contributed by atoms with E-state index in [0.29, 0.717) is 6.61 Å². The summed E-state index contributed by atoms with van der Waals surface area (Å²) in [5, 5.41) is 0. The molecule has 4 saturated carbocycles. The number of carbonyl (C=O) groups excluding carboxylic acids is 3. The lowest BCUT2D eigenvalue weighted by Crippen LogP contribution is -2.66. The van der Waals surface area contributed by atoms with Crippen LogP contribution in [-0.4, -0.2) is 39.2 Å². The van der Waals surface area contributed by atoms with E-state index in [-0.39, 0.29) is 81.9 Å². The highest BCUT2D eigenvalue weighted by Gasteiger charge is 2.70. The maximum Gasteiger partial charge on any atom is 0.312 e. The number of hydrogen-bond acceptors (Lipinski definition) is 6. The highest BCUT2D eigenvalue weighted by Crippen LogP contribution is 2.75. The van der Waals surface area contributed by atoms with E-state index in [9.17, 15) is 14.4 Å². The summed E-state index contributed by atoms with van der Waals surface area (Å²) >= 11 is 0. The quantitative estimate of drug-likeness (QED) is 0.109. The van der Waals surface area contributed by atoms with Crippen LogP contribution in [-0.2, 0) is 35.2 Å². The largest absolute Gasteiger partial charge is 0.460 e. The summed E-state index contributed by atoms with van der Waals surface area (Å²) in [6.45, 7) is 24.1. The van der Waals surface area contributed by atoms with Gasteiger partial charge >= 0.3 is 11.9 Å². The van der Waals surface area contributed by atoms with Crippen LogP contribution < -0.4 is 0 Å². The lowest BCUT2D eigenvalue weighted by Gasteiger charge is -2.70. The van der Waals surface area contributed by atoms with Crippen LogP contribution >= 0.6 is 0 Å². The topological polar surface area (TPSA) is 78.9 Å². The molecule has 1 aromatic carbocycles. The van der Waals surface area contributed by atoms with Gasteiger partial charge in [-0.1, -0.05) is 97.1 Å². The van der Waals surface area contributed by atoms with E-state index < -0.39 is 13.5 Å². The van der Waals surface area contributed by atoms with Crippen LogP contribution in [0.25, 0.3) is 0 Å². The third-order valence-corrected chi connectivity index (χ3v) is 17.6.